The van der Waals surface area contributed by atoms with E-state index in [-0.39, 0.29) is 5.91 Å². The second kappa shape index (κ2) is 5.82. The van der Waals surface area contributed by atoms with Gasteiger partial charge in [-0.05, 0) is 30.9 Å². The third kappa shape index (κ3) is 2.98. The Morgan fingerprint density at radius 1 is 1.50 bits per heavy atom. The van der Waals surface area contributed by atoms with Crippen LogP contribution in [0.3, 0.4) is 0 Å². The Bertz CT molecular complexity index is 414. The van der Waals surface area contributed by atoms with Crippen LogP contribution in [0.1, 0.15) is 23.3 Å². The molecule has 1 aromatic rings. The van der Waals surface area contributed by atoms with Gasteiger partial charge in [0.25, 0.3) is 5.91 Å². The van der Waals surface area contributed by atoms with Crippen molar-refractivity contribution in [2.45, 2.75) is 12.8 Å². The number of pyridine rings is 1. The Balaban J connectivity index is 1.95. The van der Waals surface area contributed by atoms with Crippen molar-refractivity contribution >= 4 is 11.7 Å². The molecule has 98 valence electrons. The number of anilines is 1. The topological polar surface area (TPSA) is 68.5 Å². The molecule has 1 aliphatic heterocycles. The largest absolute Gasteiger partial charge is 0.384 e. The summed E-state index contributed by atoms with van der Waals surface area (Å²) in [6.45, 7) is 2.31. The summed E-state index contributed by atoms with van der Waals surface area (Å²) in [5.74, 6) is 0.918. The average molecular weight is 249 g/mol. The van der Waals surface area contributed by atoms with Gasteiger partial charge < -0.3 is 15.4 Å². The van der Waals surface area contributed by atoms with E-state index in [2.05, 4.69) is 4.98 Å². The highest BCUT2D eigenvalue weighted by Crippen LogP contribution is 2.18. The first-order chi connectivity index (χ1) is 8.70. The summed E-state index contributed by atoms with van der Waals surface area (Å²) in [7, 11) is 1.72. The second-order valence-electron chi connectivity index (χ2n) is 4.64. The van der Waals surface area contributed by atoms with Gasteiger partial charge >= 0.3 is 0 Å². The number of aromatic nitrogens is 1. The van der Waals surface area contributed by atoms with Crippen LogP contribution < -0.4 is 5.73 Å². The summed E-state index contributed by atoms with van der Waals surface area (Å²) < 4.78 is 5.15. The van der Waals surface area contributed by atoms with Crippen LogP contribution >= 0.6 is 0 Å². The van der Waals surface area contributed by atoms with Crippen LogP contribution in [-0.4, -0.2) is 42.6 Å². The van der Waals surface area contributed by atoms with Crippen molar-refractivity contribution in [2.75, 3.05) is 32.5 Å². The molecule has 0 saturated carbocycles. The van der Waals surface area contributed by atoms with E-state index < -0.39 is 0 Å². The summed E-state index contributed by atoms with van der Waals surface area (Å²) in [5.41, 5.74) is 6.02. The molecule has 0 aromatic carbocycles. The zero-order chi connectivity index (χ0) is 13.0. The molecule has 0 radical (unpaired) electrons. The number of nitrogens with zero attached hydrogens (tertiary/aromatic N) is 2. The van der Waals surface area contributed by atoms with E-state index in [1.165, 1.54) is 0 Å². The maximum Gasteiger partial charge on any atom is 0.272 e. The third-order valence-electron chi connectivity index (χ3n) is 3.29. The second-order valence-corrected chi connectivity index (χ2v) is 4.64. The van der Waals surface area contributed by atoms with Crippen LogP contribution in [0.4, 0.5) is 5.82 Å². The molecule has 0 aliphatic carbocycles. The molecule has 2 N–H and O–H groups in total. The van der Waals surface area contributed by atoms with Gasteiger partial charge in [0.15, 0.2) is 0 Å². The van der Waals surface area contributed by atoms with Gasteiger partial charge in [-0.3, -0.25) is 4.79 Å². The summed E-state index contributed by atoms with van der Waals surface area (Å²) in [6, 6.07) is 5.15. The number of carbonyl (C=O) groups is 1. The standard InChI is InChI=1S/C13H19N3O2/c1-18-9-10-5-7-16(8-6-10)13(17)11-3-2-4-12(14)15-11/h2-4,10H,5-9H2,1H3,(H2,14,15). The lowest BCUT2D eigenvalue weighted by Crippen LogP contribution is -2.39. The number of rotatable bonds is 3. The first kappa shape index (κ1) is 12.8. The van der Waals surface area contributed by atoms with Crippen molar-refractivity contribution in [2.24, 2.45) is 5.92 Å². The molecule has 5 heteroatoms. The van der Waals surface area contributed by atoms with Crippen LogP contribution in [0.2, 0.25) is 0 Å². The molecule has 0 bridgehead atoms. The first-order valence-electron chi connectivity index (χ1n) is 6.21. The molecule has 0 unspecified atom stereocenters. The Kier molecular flexibility index (Phi) is 4.15. The SMILES string of the molecule is COCC1CCN(C(=O)c2cccc(N)n2)CC1. The van der Waals surface area contributed by atoms with Crippen LogP contribution in [0.5, 0.6) is 0 Å². The number of hydrogen-bond donors (Lipinski definition) is 1. The van der Waals surface area contributed by atoms with Gasteiger partial charge in [0.2, 0.25) is 0 Å². The minimum absolute atomic E-state index is 0.0295. The molecular weight excluding hydrogens is 230 g/mol. The van der Waals surface area contributed by atoms with Crippen molar-refractivity contribution in [3.8, 4) is 0 Å². The fourth-order valence-electron chi connectivity index (χ4n) is 2.27. The van der Waals surface area contributed by atoms with Gasteiger partial charge in [-0.1, -0.05) is 6.07 Å². The average Bonchev–Trinajstić information content (AvgIpc) is 2.39. The lowest BCUT2D eigenvalue weighted by atomic mass is 9.97. The molecule has 1 aromatic heterocycles. The highest BCUT2D eigenvalue weighted by molar-refractivity contribution is 5.92. The van der Waals surface area contributed by atoms with E-state index in [9.17, 15) is 4.79 Å². The van der Waals surface area contributed by atoms with Gasteiger partial charge in [-0.25, -0.2) is 4.98 Å². The quantitative estimate of drug-likeness (QED) is 0.873. The minimum Gasteiger partial charge on any atom is -0.384 e. The number of nitrogen functional groups attached to an aromatic ring is 1. The smallest absolute Gasteiger partial charge is 0.272 e. The molecule has 1 aliphatic rings. The van der Waals surface area contributed by atoms with E-state index >= 15 is 0 Å². The van der Waals surface area contributed by atoms with E-state index in [1.54, 1.807) is 25.3 Å². The number of nitrogens with two attached hydrogens (primary N) is 1. The maximum absolute atomic E-state index is 12.2. The fourth-order valence-corrected chi connectivity index (χ4v) is 2.27. The van der Waals surface area contributed by atoms with Gasteiger partial charge in [0, 0.05) is 26.8 Å². The number of ether oxygens (including phenoxy) is 1. The third-order valence-corrected chi connectivity index (χ3v) is 3.29. The number of hydrogen-bond acceptors (Lipinski definition) is 4. The molecule has 0 spiro atoms. The summed E-state index contributed by atoms with van der Waals surface area (Å²) in [5, 5.41) is 0. The van der Waals surface area contributed by atoms with Gasteiger partial charge in [-0.15, -0.1) is 0 Å². The first-order valence-corrected chi connectivity index (χ1v) is 6.21. The number of piperidine rings is 1. The lowest BCUT2D eigenvalue weighted by Gasteiger charge is -2.31. The van der Waals surface area contributed by atoms with Gasteiger partial charge in [0.1, 0.15) is 11.5 Å². The van der Waals surface area contributed by atoms with Crippen molar-refractivity contribution in [1.29, 1.82) is 0 Å². The molecule has 2 heterocycles. The highest BCUT2D eigenvalue weighted by atomic mass is 16.5. The van der Waals surface area contributed by atoms with Crippen molar-refractivity contribution < 1.29 is 9.53 Å². The highest BCUT2D eigenvalue weighted by Gasteiger charge is 2.24. The van der Waals surface area contributed by atoms with Gasteiger partial charge in [0.05, 0.1) is 0 Å². The van der Waals surface area contributed by atoms with Crippen LogP contribution in [-0.2, 0) is 4.74 Å². The Labute approximate surface area is 107 Å². The molecule has 18 heavy (non-hydrogen) atoms. The molecular formula is C13H19N3O2. The zero-order valence-corrected chi connectivity index (χ0v) is 10.6. The lowest BCUT2D eigenvalue weighted by molar-refractivity contribution is 0.0608. The van der Waals surface area contributed by atoms with E-state index in [0.29, 0.717) is 17.4 Å². The van der Waals surface area contributed by atoms with E-state index in [4.69, 9.17) is 10.5 Å². The number of likely N-dealkylation sites (tertiary alicyclic amines) is 1. The molecule has 1 saturated heterocycles. The van der Waals surface area contributed by atoms with Crippen LogP contribution in [0.15, 0.2) is 18.2 Å². The van der Waals surface area contributed by atoms with Crippen molar-refractivity contribution in [1.82, 2.24) is 9.88 Å². The number of amides is 1. The summed E-state index contributed by atoms with van der Waals surface area (Å²) >= 11 is 0. The Morgan fingerprint density at radius 2 is 2.22 bits per heavy atom. The zero-order valence-electron chi connectivity index (χ0n) is 10.6. The normalized spacial score (nSPS) is 16.8. The van der Waals surface area contributed by atoms with Crippen molar-refractivity contribution in [3.63, 3.8) is 0 Å². The van der Waals surface area contributed by atoms with Crippen LogP contribution in [0, 0.1) is 5.92 Å². The van der Waals surface area contributed by atoms with E-state index in [0.717, 1.165) is 32.5 Å². The van der Waals surface area contributed by atoms with E-state index in [1.807, 2.05) is 4.90 Å². The van der Waals surface area contributed by atoms with Crippen LogP contribution in [0.25, 0.3) is 0 Å². The number of carbonyl (C=O) groups excluding carboxylic acids is 1. The molecule has 2 rings (SSSR count). The predicted molar refractivity (Wildman–Crippen MR) is 69.2 cm³/mol. The Hall–Kier alpha value is -1.62. The summed E-state index contributed by atoms with van der Waals surface area (Å²) in [6.07, 6.45) is 1.98. The van der Waals surface area contributed by atoms with Gasteiger partial charge in [-0.2, -0.15) is 0 Å². The Morgan fingerprint density at radius 3 is 2.83 bits per heavy atom. The van der Waals surface area contributed by atoms with Crippen molar-refractivity contribution in [3.05, 3.63) is 23.9 Å². The fraction of sp³-hybridized carbons (Fsp3) is 0.538. The molecule has 5 nitrogen and oxygen atoms in total. The minimum atomic E-state index is -0.0295. The molecule has 0 atom stereocenters. The predicted octanol–water partition coefficient (Wildman–Crippen LogP) is 1.16. The maximum atomic E-state index is 12.2. The monoisotopic (exact) mass is 249 g/mol. The molecule has 1 amide bonds. The molecule has 1 fully saturated rings. The summed E-state index contributed by atoms with van der Waals surface area (Å²) in [4.78, 5) is 18.1. The number of methoxy groups -OCH3 is 1.